The predicted molar refractivity (Wildman–Crippen MR) is 117 cm³/mol. The number of benzene rings is 1. The van der Waals surface area contributed by atoms with Gasteiger partial charge in [-0.1, -0.05) is 18.2 Å². The molecule has 1 aromatic carbocycles. The van der Waals surface area contributed by atoms with Gasteiger partial charge in [0.1, 0.15) is 16.5 Å². The molecule has 2 heterocycles. The van der Waals surface area contributed by atoms with E-state index in [1.807, 2.05) is 0 Å². The first kappa shape index (κ1) is 23.1. The minimum atomic E-state index is -3.77. The van der Waals surface area contributed by atoms with Crippen LogP contribution in [0.3, 0.4) is 0 Å². The van der Waals surface area contributed by atoms with Crippen molar-refractivity contribution in [3.8, 4) is 0 Å². The van der Waals surface area contributed by atoms with E-state index in [2.05, 4.69) is 30.9 Å². The molecule has 168 valence electrons. The van der Waals surface area contributed by atoms with Crippen molar-refractivity contribution in [2.45, 2.75) is 4.90 Å². The van der Waals surface area contributed by atoms with E-state index in [4.69, 9.17) is 0 Å². The predicted octanol–water partition coefficient (Wildman–Crippen LogP) is 2.64. The standard InChI is InChI=1S/C20H21FN6O4S/c1-27(2)32(29,30)16-8-5-4-7-14(16)23-15-11-19(22-12-13(15)20(28)26-31-3)25-18-10-6-9-17(21)24-18/h4-12H,1-3H3,(H,26,28)(H2,22,23,24,25). The molecule has 0 aliphatic heterocycles. The van der Waals surface area contributed by atoms with E-state index < -0.39 is 21.9 Å². The van der Waals surface area contributed by atoms with Gasteiger partial charge in [-0.15, -0.1) is 0 Å². The van der Waals surface area contributed by atoms with Gasteiger partial charge in [0.2, 0.25) is 16.0 Å². The van der Waals surface area contributed by atoms with Gasteiger partial charge in [0.05, 0.1) is 24.0 Å². The number of nitrogens with one attached hydrogen (secondary N) is 3. The van der Waals surface area contributed by atoms with E-state index in [9.17, 15) is 17.6 Å². The molecule has 0 bridgehead atoms. The molecule has 0 radical (unpaired) electrons. The number of sulfonamides is 1. The molecule has 0 fully saturated rings. The molecule has 3 N–H and O–H groups in total. The summed E-state index contributed by atoms with van der Waals surface area (Å²) in [6.45, 7) is 0. The van der Waals surface area contributed by atoms with Gasteiger partial charge in [-0.25, -0.2) is 28.2 Å². The number of para-hydroxylation sites is 1. The smallest absolute Gasteiger partial charge is 0.278 e. The van der Waals surface area contributed by atoms with E-state index in [-0.39, 0.29) is 33.5 Å². The number of hydroxylamine groups is 1. The number of nitrogens with zero attached hydrogens (tertiary/aromatic N) is 3. The third-order valence-electron chi connectivity index (χ3n) is 4.23. The molecule has 3 aromatic rings. The van der Waals surface area contributed by atoms with Gasteiger partial charge in [-0.2, -0.15) is 4.39 Å². The molecular weight excluding hydrogens is 439 g/mol. The molecule has 32 heavy (non-hydrogen) atoms. The average molecular weight is 460 g/mol. The fourth-order valence-electron chi connectivity index (χ4n) is 2.70. The third-order valence-corrected chi connectivity index (χ3v) is 6.10. The van der Waals surface area contributed by atoms with Crippen LogP contribution in [0.25, 0.3) is 0 Å². The van der Waals surface area contributed by atoms with Crippen LogP contribution in [0.15, 0.2) is 59.6 Å². The fraction of sp³-hybridized carbons (Fsp3) is 0.150. The monoisotopic (exact) mass is 460 g/mol. The zero-order valence-corrected chi connectivity index (χ0v) is 18.3. The quantitative estimate of drug-likeness (QED) is 0.346. The number of carbonyl (C=O) groups excluding carboxylic acids is 1. The Morgan fingerprint density at radius 1 is 1.03 bits per heavy atom. The Morgan fingerprint density at radius 3 is 2.47 bits per heavy atom. The highest BCUT2D eigenvalue weighted by Gasteiger charge is 2.22. The van der Waals surface area contributed by atoms with Crippen molar-refractivity contribution in [2.24, 2.45) is 0 Å². The lowest BCUT2D eigenvalue weighted by atomic mass is 10.2. The van der Waals surface area contributed by atoms with Gasteiger partial charge in [-0.05, 0) is 24.3 Å². The van der Waals surface area contributed by atoms with Crippen molar-refractivity contribution in [1.29, 1.82) is 0 Å². The first-order valence-electron chi connectivity index (χ1n) is 9.24. The van der Waals surface area contributed by atoms with Crippen LogP contribution in [0.4, 0.5) is 27.4 Å². The largest absolute Gasteiger partial charge is 0.354 e. The number of rotatable bonds is 8. The van der Waals surface area contributed by atoms with E-state index in [0.29, 0.717) is 0 Å². The Morgan fingerprint density at radius 2 is 1.78 bits per heavy atom. The number of hydrogen-bond acceptors (Lipinski definition) is 8. The highest BCUT2D eigenvalue weighted by Crippen LogP contribution is 2.29. The first-order valence-corrected chi connectivity index (χ1v) is 10.7. The van der Waals surface area contributed by atoms with Crippen molar-refractivity contribution in [3.63, 3.8) is 0 Å². The number of hydrogen-bond donors (Lipinski definition) is 3. The summed E-state index contributed by atoms with van der Waals surface area (Å²) in [5.41, 5.74) is 2.76. The second kappa shape index (κ2) is 9.68. The Labute approximate surface area is 184 Å². The number of amides is 1. The second-order valence-electron chi connectivity index (χ2n) is 6.63. The minimum Gasteiger partial charge on any atom is -0.354 e. The van der Waals surface area contributed by atoms with Crippen molar-refractivity contribution in [3.05, 3.63) is 66.2 Å². The average Bonchev–Trinajstić information content (AvgIpc) is 2.74. The summed E-state index contributed by atoms with van der Waals surface area (Å²) < 4.78 is 39.9. The Bertz CT molecular complexity index is 1240. The zero-order chi connectivity index (χ0) is 23.3. The van der Waals surface area contributed by atoms with Gasteiger partial charge >= 0.3 is 0 Å². The van der Waals surface area contributed by atoms with E-state index in [1.165, 1.54) is 51.7 Å². The van der Waals surface area contributed by atoms with Crippen LogP contribution >= 0.6 is 0 Å². The molecule has 1 amide bonds. The van der Waals surface area contributed by atoms with Crippen molar-refractivity contribution >= 4 is 38.9 Å². The summed E-state index contributed by atoms with van der Waals surface area (Å²) in [6, 6.07) is 12.0. The van der Waals surface area contributed by atoms with E-state index in [0.717, 1.165) is 4.31 Å². The molecule has 0 atom stereocenters. The minimum absolute atomic E-state index is 0.0150. The van der Waals surface area contributed by atoms with Crippen LogP contribution in [-0.2, 0) is 14.9 Å². The lowest BCUT2D eigenvalue weighted by Crippen LogP contribution is -2.24. The summed E-state index contributed by atoms with van der Waals surface area (Å²) >= 11 is 0. The van der Waals surface area contributed by atoms with Gasteiger partial charge in [-0.3, -0.25) is 9.63 Å². The summed E-state index contributed by atoms with van der Waals surface area (Å²) in [5.74, 6) is -0.834. The van der Waals surface area contributed by atoms with E-state index in [1.54, 1.807) is 24.3 Å². The lowest BCUT2D eigenvalue weighted by molar-refractivity contribution is 0.0538. The maximum atomic E-state index is 13.4. The molecular formula is C20H21FN6O4S. The molecule has 0 unspecified atom stereocenters. The van der Waals surface area contributed by atoms with Crippen LogP contribution in [0.1, 0.15) is 10.4 Å². The maximum Gasteiger partial charge on any atom is 0.278 e. The van der Waals surface area contributed by atoms with Crippen molar-refractivity contribution in [2.75, 3.05) is 31.8 Å². The van der Waals surface area contributed by atoms with Gasteiger partial charge in [0.25, 0.3) is 5.91 Å². The molecule has 2 aromatic heterocycles. The number of carbonyl (C=O) groups is 1. The molecule has 12 heteroatoms. The highest BCUT2D eigenvalue weighted by molar-refractivity contribution is 7.89. The number of halogens is 1. The molecule has 0 aliphatic rings. The maximum absolute atomic E-state index is 13.4. The summed E-state index contributed by atoms with van der Waals surface area (Å²) in [5, 5.41) is 5.82. The molecule has 0 saturated carbocycles. The number of aromatic nitrogens is 2. The topological polar surface area (TPSA) is 126 Å². The number of anilines is 4. The van der Waals surface area contributed by atoms with Crippen LogP contribution in [0, 0.1) is 5.95 Å². The molecule has 10 nitrogen and oxygen atoms in total. The van der Waals surface area contributed by atoms with Crippen molar-refractivity contribution in [1.82, 2.24) is 19.8 Å². The van der Waals surface area contributed by atoms with Crippen LogP contribution in [0.2, 0.25) is 0 Å². The molecule has 3 rings (SSSR count). The fourth-order valence-corrected chi connectivity index (χ4v) is 3.74. The van der Waals surface area contributed by atoms with Crippen LogP contribution in [0.5, 0.6) is 0 Å². The normalized spacial score (nSPS) is 11.3. The Balaban J connectivity index is 2.05. The summed E-state index contributed by atoms with van der Waals surface area (Å²) in [4.78, 5) is 25.0. The first-order chi connectivity index (χ1) is 15.2. The Kier molecular flexibility index (Phi) is 6.98. The molecule has 0 saturated heterocycles. The zero-order valence-electron chi connectivity index (χ0n) is 17.5. The van der Waals surface area contributed by atoms with Gasteiger partial charge in [0.15, 0.2) is 0 Å². The Hall–Kier alpha value is -3.61. The summed E-state index contributed by atoms with van der Waals surface area (Å²) in [7, 11) is 0.350. The second-order valence-corrected chi connectivity index (χ2v) is 8.75. The molecule has 0 aliphatic carbocycles. The third kappa shape index (κ3) is 5.17. The van der Waals surface area contributed by atoms with Crippen LogP contribution in [-0.4, -0.2) is 49.8 Å². The SMILES string of the molecule is CONC(=O)c1cnc(Nc2cccc(F)n2)cc1Nc1ccccc1S(=O)(=O)N(C)C. The van der Waals surface area contributed by atoms with Gasteiger partial charge in [0, 0.05) is 26.4 Å². The van der Waals surface area contributed by atoms with Crippen molar-refractivity contribution < 1.29 is 22.4 Å². The van der Waals surface area contributed by atoms with Gasteiger partial charge < -0.3 is 10.6 Å². The summed E-state index contributed by atoms with van der Waals surface area (Å²) in [6.07, 6.45) is 1.27. The van der Waals surface area contributed by atoms with E-state index >= 15 is 0 Å². The molecule has 0 spiro atoms. The number of pyridine rings is 2. The highest BCUT2D eigenvalue weighted by atomic mass is 32.2. The van der Waals surface area contributed by atoms with Crippen LogP contribution < -0.4 is 16.1 Å². The lowest BCUT2D eigenvalue weighted by Gasteiger charge is -2.18.